The molecule has 1 aliphatic carbocycles. The summed E-state index contributed by atoms with van der Waals surface area (Å²) in [5, 5.41) is 7.46. The fraction of sp³-hybridized carbons (Fsp3) is 0.571. The van der Waals surface area contributed by atoms with E-state index in [4.69, 9.17) is 16.9 Å². The molecule has 0 aromatic carbocycles. The Morgan fingerprint density at radius 3 is 2.20 bits per heavy atom. The van der Waals surface area contributed by atoms with E-state index in [0.717, 1.165) is 31.3 Å². The largest absolute Gasteiger partial charge is 0.385 e. The highest BCUT2D eigenvalue weighted by molar-refractivity contribution is 5.98. The first kappa shape index (κ1) is 7.12. The maximum atomic E-state index is 7.46. The molecule has 0 aliphatic heterocycles. The van der Waals surface area contributed by atoms with E-state index in [9.17, 15) is 0 Å². The summed E-state index contributed by atoms with van der Waals surface area (Å²) in [6, 6.07) is 0. The van der Waals surface area contributed by atoms with Crippen LogP contribution < -0.4 is 11.5 Å². The van der Waals surface area contributed by atoms with Crippen molar-refractivity contribution >= 4 is 5.71 Å². The maximum absolute atomic E-state index is 7.46. The summed E-state index contributed by atoms with van der Waals surface area (Å²) in [6.07, 6.45) is 3.96. The lowest BCUT2D eigenvalue weighted by Crippen LogP contribution is -2.19. The van der Waals surface area contributed by atoms with Gasteiger partial charge in [0.15, 0.2) is 0 Å². The number of hydrogen-bond acceptors (Lipinski definition) is 3. The third kappa shape index (κ3) is 1.29. The zero-order valence-corrected chi connectivity index (χ0v) is 5.98. The Bertz CT molecular complexity index is 177. The molecule has 5 N–H and O–H groups in total. The third-order valence-electron chi connectivity index (χ3n) is 1.82. The molecule has 1 fully saturated rings. The van der Waals surface area contributed by atoms with Crippen molar-refractivity contribution in [3.8, 4) is 0 Å². The SMILES string of the molecule is N=C1CCCCC1=C(N)N. The van der Waals surface area contributed by atoms with Gasteiger partial charge < -0.3 is 16.9 Å². The predicted molar refractivity (Wildman–Crippen MR) is 41.6 cm³/mol. The predicted octanol–water partition coefficient (Wildman–Crippen LogP) is 0.709. The lowest BCUT2D eigenvalue weighted by molar-refractivity contribution is 0.723. The lowest BCUT2D eigenvalue weighted by Gasteiger charge is -2.15. The van der Waals surface area contributed by atoms with Crippen molar-refractivity contribution in [2.24, 2.45) is 11.5 Å². The summed E-state index contributed by atoms with van der Waals surface area (Å²) in [5.74, 6) is 0.338. The quantitative estimate of drug-likeness (QED) is 0.462. The molecule has 0 spiro atoms. The standard InChI is InChI=1S/C7H13N3/c8-6-4-2-1-3-5(6)7(9)10/h8H,1-4,9-10H2. The Hall–Kier alpha value is -0.990. The van der Waals surface area contributed by atoms with Crippen molar-refractivity contribution in [1.29, 1.82) is 5.41 Å². The van der Waals surface area contributed by atoms with Crippen LogP contribution in [0.2, 0.25) is 0 Å². The van der Waals surface area contributed by atoms with Crippen LogP contribution >= 0.6 is 0 Å². The topological polar surface area (TPSA) is 75.9 Å². The molecule has 0 aromatic heterocycles. The van der Waals surface area contributed by atoms with Crippen LogP contribution in [0.5, 0.6) is 0 Å². The number of nitrogens with one attached hydrogen (secondary N) is 1. The molecule has 3 nitrogen and oxygen atoms in total. The molecule has 1 aliphatic rings. The van der Waals surface area contributed by atoms with Gasteiger partial charge in [-0.15, -0.1) is 0 Å². The van der Waals surface area contributed by atoms with Crippen molar-refractivity contribution in [3.63, 3.8) is 0 Å². The monoisotopic (exact) mass is 139 g/mol. The van der Waals surface area contributed by atoms with Gasteiger partial charge in [-0.05, 0) is 25.7 Å². The van der Waals surface area contributed by atoms with Crippen molar-refractivity contribution < 1.29 is 0 Å². The van der Waals surface area contributed by atoms with Crippen molar-refractivity contribution in [2.45, 2.75) is 25.7 Å². The summed E-state index contributed by atoms with van der Waals surface area (Å²) < 4.78 is 0. The minimum Gasteiger partial charge on any atom is -0.385 e. The van der Waals surface area contributed by atoms with Crippen LogP contribution in [0.15, 0.2) is 11.4 Å². The summed E-state index contributed by atoms with van der Waals surface area (Å²) in [5.41, 5.74) is 12.2. The van der Waals surface area contributed by atoms with E-state index in [2.05, 4.69) is 0 Å². The average Bonchev–Trinajstić information content (AvgIpc) is 1.88. The summed E-state index contributed by atoms with van der Waals surface area (Å²) in [4.78, 5) is 0. The second-order valence-corrected chi connectivity index (χ2v) is 2.62. The van der Waals surface area contributed by atoms with Crippen LogP contribution in [0.3, 0.4) is 0 Å². The minimum atomic E-state index is 0.338. The van der Waals surface area contributed by atoms with Gasteiger partial charge in [0.05, 0.1) is 5.82 Å². The summed E-state index contributed by atoms with van der Waals surface area (Å²) in [6.45, 7) is 0. The van der Waals surface area contributed by atoms with Gasteiger partial charge in [-0.2, -0.15) is 0 Å². The second-order valence-electron chi connectivity index (χ2n) is 2.62. The average molecular weight is 139 g/mol. The van der Waals surface area contributed by atoms with E-state index in [0.29, 0.717) is 11.5 Å². The Balaban J connectivity index is 2.75. The Labute approximate surface area is 60.6 Å². The zero-order valence-electron chi connectivity index (χ0n) is 5.98. The Morgan fingerprint density at radius 2 is 1.80 bits per heavy atom. The fourth-order valence-corrected chi connectivity index (χ4v) is 1.22. The first-order chi connectivity index (χ1) is 4.72. The van der Waals surface area contributed by atoms with Gasteiger partial charge >= 0.3 is 0 Å². The Morgan fingerprint density at radius 1 is 1.20 bits per heavy atom. The molecular formula is C7H13N3. The normalized spacial score (nSPS) is 19.2. The number of nitrogens with two attached hydrogens (primary N) is 2. The molecule has 0 radical (unpaired) electrons. The molecule has 10 heavy (non-hydrogen) atoms. The number of rotatable bonds is 0. The van der Waals surface area contributed by atoms with E-state index < -0.39 is 0 Å². The van der Waals surface area contributed by atoms with E-state index in [1.807, 2.05) is 0 Å². The van der Waals surface area contributed by atoms with Crippen LogP contribution in [0, 0.1) is 5.41 Å². The van der Waals surface area contributed by atoms with Gasteiger partial charge in [0.25, 0.3) is 0 Å². The van der Waals surface area contributed by atoms with E-state index in [-0.39, 0.29) is 0 Å². The lowest BCUT2D eigenvalue weighted by atomic mass is 9.93. The van der Waals surface area contributed by atoms with Gasteiger partial charge in [-0.1, -0.05) is 0 Å². The molecular weight excluding hydrogens is 126 g/mol. The van der Waals surface area contributed by atoms with Gasteiger partial charge in [0, 0.05) is 11.3 Å². The first-order valence-corrected chi connectivity index (χ1v) is 3.53. The summed E-state index contributed by atoms with van der Waals surface area (Å²) in [7, 11) is 0. The highest BCUT2D eigenvalue weighted by Crippen LogP contribution is 2.19. The molecule has 3 heteroatoms. The van der Waals surface area contributed by atoms with Gasteiger partial charge in [0.2, 0.25) is 0 Å². The van der Waals surface area contributed by atoms with Crippen LogP contribution in [0.1, 0.15) is 25.7 Å². The third-order valence-corrected chi connectivity index (χ3v) is 1.82. The number of hydrogen-bond donors (Lipinski definition) is 3. The van der Waals surface area contributed by atoms with Crippen LogP contribution in [0.25, 0.3) is 0 Å². The zero-order chi connectivity index (χ0) is 7.56. The fourth-order valence-electron chi connectivity index (χ4n) is 1.22. The van der Waals surface area contributed by atoms with Gasteiger partial charge in [-0.3, -0.25) is 0 Å². The minimum absolute atomic E-state index is 0.338. The molecule has 0 aromatic rings. The smallest absolute Gasteiger partial charge is 0.0984 e. The second kappa shape index (κ2) is 2.73. The molecule has 0 amide bonds. The molecule has 0 heterocycles. The summed E-state index contributed by atoms with van der Waals surface area (Å²) >= 11 is 0. The van der Waals surface area contributed by atoms with Crippen LogP contribution in [-0.2, 0) is 0 Å². The van der Waals surface area contributed by atoms with Crippen LogP contribution in [0.4, 0.5) is 0 Å². The van der Waals surface area contributed by atoms with E-state index in [1.165, 1.54) is 0 Å². The molecule has 0 unspecified atom stereocenters. The molecule has 0 bridgehead atoms. The number of allylic oxidation sites excluding steroid dienone is 1. The molecule has 1 saturated carbocycles. The molecule has 56 valence electrons. The molecule has 0 saturated heterocycles. The maximum Gasteiger partial charge on any atom is 0.0984 e. The Kier molecular flexibility index (Phi) is 1.94. The molecule has 0 atom stereocenters. The highest BCUT2D eigenvalue weighted by atomic mass is 14.8. The van der Waals surface area contributed by atoms with Crippen LogP contribution in [-0.4, -0.2) is 5.71 Å². The van der Waals surface area contributed by atoms with Crippen molar-refractivity contribution in [1.82, 2.24) is 0 Å². The van der Waals surface area contributed by atoms with E-state index >= 15 is 0 Å². The molecule has 1 rings (SSSR count). The van der Waals surface area contributed by atoms with Crippen molar-refractivity contribution in [2.75, 3.05) is 0 Å². The van der Waals surface area contributed by atoms with Crippen molar-refractivity contribution in [3.05, 3.63) is 11.4 Å². The van der Waals surface area contributed by atoms with E-state index in [1.54, 1.807) is 0 Å². The highest BCUT2D eigenvalue weighted by Gasteiger charge is 2.12. The first-order valence-electron chi connectivity index (χ1n) is 3.53. The van der Waals surface area contributed by atoms with Gasteiger partial charge in [-0.25, -0.2) is 0 Å². The van der Waals surface area contributed by atoms with Gasteiger partial charge in [0.1, 0.15) is 0 Å².